The number of nitrogens with zero attached hydrogens (tertiary/aromatic N) is 6. The monoisotopic (exact) mass is 460 g/mol. The third-order valence-corrected chi connectivity index (χ3v) is 5.21. The summed E-state index contributed by atoms with van der Waals surface area (Å²) in [6, 6.07) is 9.21. The Bertz CT molecular complexity index is 1100. The van der Waals surface area contributed by atoms with Gasteiger partial charge in [0.15, 0.2) is 0 Å². The van der Waals surface area contributed by atoms with E-state index in [1.807, 2.05) is 38.2 Å². The Morgan fingerprint density at radius 1 is 1.03 bits per heavy atom. The second kappa shape index (κ2) is 14.6. The lowest BCUT2D eigenvalue weighted by molar-refractivity contribution is 0.277. The quantitative estimate of drug-likeness (QED) is 0.537. The number of likely N-dealkylation sites (tertiary alicyclic amines) is 1. The van der Waals surface area contributed by atoms with Crippen molar-refractivity contribution in [2.45, 2.75) is 40.0 Å². The van der Waals surface area contributed by atoms with Gasteiger partial charge in [0.2, 0.25) is 5.43 Å². The molecule has 0 radical (unpaired) electrons. The summed E-state index contributed by atoms with van der Waals surface area (Å²) in [4.78, 5) is 26.1. The maximum absolute atomic E-state index is 11.8. The molecule has 0 aromatic carbocycles. The molecule has 7 heteroatoms. The lowest BCUT2D eigenvalue weighted by Gasteiger charge is -2.20. The molecule has 0 spiro atoms. The topological polar surface area (TPSA) is 76.3 Å². The van der Waals surface area contributed by atoms with E-state index in [2.05, 4.69) is 45.0 Å². The highest BCUT2D eigenvalue weighted by Gasteiger charge is 2.05. The van der Waals surface area contributed by atoms with Gasteiger partial charge in [0.25, 0.3) is 0 Å². The van der Waals surface area contributed by atoms with E-state index in [4.69, 9.17) is 0 Å². The fourth-order valence-electron chi connectivity index (χ4n) is 3.33. The van der Waals surface area contributed by atoms with Crippen molar-refractivity contribution in [3.8, 4) is 5.69 Å². The standard InChI is InChI=1S/C14H14N4O.C7H9N.C6H13N/c1-11(3-7-15-2)14-13(19)6-10-18(17-14)12-4-8-16-9-5-12;1-6-3-4-8-7(2)5-6;1-7-5-3-2-4-6-7/h3-10H,1-2H3;3-5H,1-2H3;2-6H2,1H3/b11-3+,15-7?;;. The zero-order valence-corrected chi connectivity index (χ0v) is 21.0. The van der Waals surface area contributed by atoms with E-state index < -0.39 is 0 Å². The third-order valence-electron chi connectivity index (χ3n) is 5.21. The number of aliphatic imine (C=N–C) groups is 1. The molecular formula is C27H36N6O. The van der Waals surface area contributed by atoms with Crippen LogP contribution in [-0.4, -0.2) is 58.0 Å². The summed E-state index contributed by atoms with van der Waals surface area (Å²) in [5, 5.41) is 4.34. The first-order valence-electron chi connectivity index (χ1n) is 11.6. The van der Waals surface area contributed by atoms with Gasteiger partial charge in [-0.2, -0.15) is 5.10 Å². The van der Waals surface area contributed by atoms with Crippen LogP contribution in [0.3, 0.4) is 0 Å². The number of aryl methyl sites for hydroxylation is 2. The number of aromatic nitrogens is 4. The molecule has 0 aliphatic carbocycles. The second-order valence-corrected chi connectivity index (χ2v) is 8.27. The van der Waals surface area contributed by atoms with Gasteiger partial charge in [-0.15, -0.1) is 0 Å². The number of hydrogen-bond acceptors (Lipinski definition) is 6. The van der Waals surface area contributed by atoms with Gasteiger partial charge in [0, 0.05) is 49.8 Å². The Labute approximate surface area is 202 Å². The molecule has 0 bridgehead atoms. The average Bonchev–Trinajstić information content (AvgIpc) is 2.84. The predicted octanol–water partition coefficient (Wildman–Crippen LogP) is 4.53. The Hall–Kier alpha value is -3.45. The third kappa shape index (κ3) is 9.58. The smallest absolute Gasteiger partial charge is 0.207 e. The van der Waals surface area contributed by atoms with Crippen LogP contribution in [0.5, 0.6) is 0 Å². The van der Waals surface area contributed by atoms with Crippen molar-refractivity contribution >= 4 is 11.8 Å². The SMILES string of the molecule is CN1CCCCC1.CN=C/C=C(\C)c1nn(-c2ccncc2)ccc1=O.Cc1ccnc(C)c1. The molecule has 4 rings (SSSR count). The Morgan fingerprint density at radius 2 is 1.74 bits per heavy atom. The fourth-order valence-corrected chi connectivity index (χ4v) is 3.33. The van der Waals surface area contributed by atoms with E-state index in [1.165, 1.54) is 44.0 Å². The molecular weight excluding hydrogens is 424 g/mol. The first kappa shape index (κ1) is 26.8. The summed E-state index contributed by atoms with van der Waals surface area (Å²) in [5.41, 5.74) is 4.30. The number of hydrogen-bond donors (Lipinski definition) is 0. The van der Waals surface area contributed by atoms with Crippen molar-refractivity contribution in [2.24, 2.45) is 4.99 Å². The Balaban J connectivity index is 0.000000222. The first-order chi connectivity index (χ1) is 16.4. The van der Waals surface area contributed by atoms with Crippen LogP contribution in [0.4, 0.5) is 0 Å². The predicted molar refractivity (Wildman–Crippen MR) is 141 cm³/mol. The van der Waals surface area contributed by atoms with Gasteiger partial charge >= 0.3 is 0 Å². The molecule has 0 saturated carbocycles. The van der Waals surface area contributed by atoms with Crippen molar-refractivity contribution in [1.29, 1.82) is 0 Å². The average molecular weight is 461 g/mol. The normalized spacial score (nSPS) is 14.1. The highest BCUT2D eigenvalue weighted by molar-refractivity contribution is 5.82. The maximum atomic E-state index is 11.8. The lowest BCUT2D eigenvalue weighted by Crippen LogP contribution is -2.24. The van der Waals surface area contributed by atoms with Crippen LogP contribution in [0.25, 0.3) is 11.3 Å². The summed E-state index contributed by atoms with van der Waals surface area (Å²) in [6.45, 7) is 8.53. The molecule has 1 aliphatic heterocycles. The van der Waals surface area contributed by atoms with Gasteiger partial charge in [0.05, 0.1) is 5.69 Å². The Morgan fingerprint density at radius 3 is 2.26 bits per heavy atom. The minimum atomic E-state index is -0.108. The molecule has 1 saturated heterocycles. The lowest BCUT2D eigenvalue weighted by atomic mass is 10.1. The molecule has 0 N–H and O–H groups in total. The molecule has 0 atom stereocenters. The Kier molecular flexibility index (Phi) is 11.5. The number of allylic oxidation sites excluding steroid dienone is 2. The number of piperidine rings is 1. The molecule has 4 heterocycles. The number of pyridine rings is 2. The fraction of sp³-hybridized carbons (Fsp3) is 0.370. The summed E-state index contributed by atoms with van der Waals surface area (Å²) in [6.07, 6.45) is 14.5. The highest BCUT2D eigenvalue weighted by atomic mass is 16.1. The van der Waals surface area contributed by atoms with Crippen molar-refractivity contribution in [3.63, 3.8) is 0 Å². The van der Waals surface area contributed by atoms with Crippen LogP contribution in [0, 0.1) is 13.8 Å². The number of rotatable bonds is 3. The molecule has 1 fully saturated rings. The first-order valence-corrected chi connectivity index (χ1v) is 11.6. The van der Waals surface area contributed by atoms with Gasteiger partial charge in [-0.25, -0.2) is 4.68 Å². The molecule has 1 aliphatic rings. The van der Waals surface area contributed by atoms with Crippen LogP contribution in [-0.2, 0) is 0 Å². The van der Waals surface area contributed by atoms with E-state index in [1.54, 1.807) is 42.6 Å². The summed E-state index contributed by atoms with van der Waals surface area (Å²) < 4.78 is 1.65. The van der Waals surface area contributed by atoms with Gasteiger partial charge in [0.1, 0.15) is 5.69 Å². The van der Waals surface area contributed by atoms with Crippen LogP contribution in [0.2, 0.25) is 0 Å². The van der Waals surface area contributed by atoms with E-state index >= 15 is 0 Å². The van der Waals surface area contributed by atoms with Crippen LogP contribution in [0.1, 0.15) is 43.1 Å². The van der Waals surface area contributed by atoms with Gasteiger partial charge in [-0.05, 0) is 95.2 Å². The molecule has 180 valence electrons. The molecule has 7 nitrogen and oxygen atoms in total. The van der Waals surface area contributed by atoms with Crippen LogP contribution >= 0.6 is 0 Å². The highest BCUT2D eigenvalue weighted by Crippen LogP contribution is 2.08. The largest absolute Gasteiger partial charge is 0.306 e. The van der Waals surface area contributed by atoms with Crippen LogP contribution in [0.15, 0.2) is 71.0 Å². The minimum Gasteiger partial charge on any atom is -0.306 e. The summed E-state index contributed by atoms with van der Waals surface area (Å²) in [7, 11) is 3.87. The zero-order valence-electron chi connectivity index (χ0n) is 21.0. The molecule has 0 amide bonds. The minimum absolute atomic E-state index is 0.108. The van der Waals surface area contributed by atoms with Crippen molar-refractivity contribution < 1.29 is 0 Å². The second-order valence-electron chi connectivity index (χ2n) is 8.27. The molecule has 3 aromatic rings. The van der Waals surface area contributed by atoms with Crippen molar-refractivity contribution in [3.05, 3.63) is 88.4 Å². The summed E-state index contributed by atoms with van der Waals surface area (Å²) >= 11 is 0. The van der Waals surface area contributed by atoms with E-state index in [-0.39, 0.29) is 5.43 Å². The van der Waals surface area contributed by atoms with E-state index in [0.29, 0.717) is 5.69 Å². The zero-order chi connectivity index (χ0) is 24.8. The molecule has 34 heavy (non-hydrogen) atoms. The van der Waals surface area contributed by atoms with Gasteiger partial charge in [-0.3, -0.25) is 19.8 Å². The van der Waals surface area contributed by atoms with Gasteiger partial charge < -0.3 is 4.90 Å². The molecule has 3 aromatic heterocycles. The van der Waals surface area contributed by atoms with E-state index in [9.17, 15) is 4.79 Å². The molecule has 0 unspecified atom stereocenters. The van der Waals surface area contributed by atoms with Crippen molar-refractivity contribution in [1.82, 2.24) is 24.6 Å². The van der Waals surface area contributed by atoms with Crippen molar-refractivity contribution in [2.75, 3.05) is 27.2 Å². The van der Waals surface area contributed by atoms with Crippen LogP contribution < -0.4 is 5.43 Å². The van der Waals surface area contributed by atoms with Gasteiger partial charge in [-0.1, -0.05) is 6.42 Å². The maximum Gasteiger partial charge on any atom is 0.207 e. The summed E-state index contributed by atoms with van der Waals surface area (Å²) in [5.74, 6) is 0. The van der Waals surface area contributed by atoms with E-state index in [0.717, 1.165) is 17.0 Å².